The summed E-state index contributed by atoms with van der Waals surface area (Å²) in [5.41, 5.74) is 3.08. The molecule has 3 aromatic carbocycles. The maximum atomic E-state index is 13.1. The van der Waals surface area contributed by atoms with Crippen LogP contribution in [0.3, 0.4) is 0 Å². The van der Waals surface area contributed by atoms with Crippen LogP contribution in [0.4, 0.5) is 5.69 Å². The first-order valence-corrected chi connectivity index (χ1v) is 10.3. The van der Waals surface area contributed by atoms with Gasteiger partial charge in [-0.2, -0.15) is 0 Å². The smallest absolute Gasteiger partial charge is 0.237 e. The number of anilines is 1. The number of carbonyl (C=O) groups is 1. The second-order valence-electron chi connectivity index (χ2n) is 6.94. The molecule has 4 heteroatoms. The zero-order valence-corrected chi connectivity index (χ0v) is 17.3. The van der Waals surface area contributed by atoms with Crippen molar-refractivity contribution in [1.82, 2.24) is 0 Å². The van der Waals surface area contributed by atoms with E-state index in [1.165, 1.54) is 0 Å². The van der Waals surface area contributed by atoms with Crippen LogP contribution < -0.4 is 9.64 Å². The van der Waals surface area contributed by atoms with Crippen LogP contribution in [0.1, 0.15) is 36.4 Å². The van der Waals surface area contributed by atoms with Crippen molar-refractivity contribution in [2.45, 2.75) is 25.3 Å². The number of rotatable bonds is 6. The first-order valence-electron chi connectivity index (χ1n) is 9.55. The van der Waals surface area contributed by atoms with Crippen molar-refractivity contribution in [3.8, 4) is 5.75 Å². The minimum atomic E-state index is -0.174. The lowest BCUT2D eigenvalue weighted by molar-refractivity contribution is -0.126. The summed E-state index contributed by atoms with van der Waals surface area (Å²) in [4.78, 5) is 15.0. The molecule has 0 radical (unpaired) electrons. The summed E-state index contributed by atoms with van der Waals surface area (Å²) in [6.07, 6.45) is 0.978. The predicted molar refractivity (Wildman–Crippen MR) is 116 cm³/mol. The third kappa shape index (κ3) is 3.57. The fraction of sp³-hybridized carbons (Fsp3) is 0.208. The van der Waals surface area contributed by atoms with E-state index in [0.717, 1.165) is 33.5 Å². The van der Waals surface area contributed by atoms with E-state index in [1.54, 1.807) is 0 Å². The molecule has 3 nitrogen and oxygen atoms in total. The van der Waals surface area contributed by atoms with Crippen LogP contribution in [0.15, 0.2) is 83.3 Å². The second kappa shape index (κ2) is 8.19. The van der Waals surface area contributed by atoms with Gasteiger partial charge in [0.15, 0.2) is 0 Å². The summed E-state index contributed by atoms with van der Waals surface area (Å²) in [5.74, 6) is 0.819. The first-order chi connectivity index (χ1) is 13.7. The molecule has 4 rings (SSSR count). The van der Waals surface area contributed by atoms with Crippen molar-refractivity contribution < 1.29 is 9.53 Å². The number of benzene rings is 3. The number of amides is 1. The summed E-state index contributed by atoms with van der Waals surface area (Å²) in [6.45, 7) is 2.80. The molecule has 28 heavy (non-hydrogen) atoms. The SMILES string of the molecule is CCCOc1ccc(C2C(c3ccccc3)C(=O)N2c2ccc(Br)cc2)cc1. The molecule has 0 aromatic heterocycles. The van der Waals surface area contributed by atoms with Crippen LogP contribution in [-0.4, -0.2) is 12.5 Å². The van der Waals surface area contributed by atoms with Gasteiger partial charge in [0, 0.05) is 10.2 Å². The Morgan fingerprint density at radius 2 is 1.57 bits per heavy atom. The molecule has 0 bridgehead atoms. The van der Waals surface area contributed by atoms with Crippen LogP contribution >= 0.6 is 15.9 Å². The van der Waals surface area contributed by atoms with Crippen molar-refractivity contribution in [3.05, 3.63) is 94.5 Å². The summed E-state index contributed by atoms with van der Waals surface area (Å²) >= 11 is 3.47. The van der Waals surface area contributed by atoms with Gasteiger partial charge in [-0.3, -0.25) is 4.79 Å². The van der Waals surface area contributed by atoms with Gasteiger partial charge in [-0.15, -0.1) is 0 Å². The molecule has 0 saturated carbocycles. The molecule has 1 heterocycles. The minimum absolute atomic E-state index is 0.0312. The van der Waals surface area contributed by atoms with Crippen LogP contribution in [0.2, 0.25) is 0 Å². The number of β-lactam (4-membered cyclic amide) rings is 1. The highest BCUT2D eigenvalue weighted by Crippen LogP contribution is 2.49. The van der Waals surface area contributed by atoms with Crippen LogP contribution in [0.25, 0.3) is 0 Å². The molecule has 0 aliphatic carbocycles. The zero-order valence-electron chi connectivity index (χ0n) is 15.7. The normalized spacial score (nSPS) is 18.6. The van der Waals surface area contributed by atoms with E-state index >= 15 is 0 Å². The van der Waals surface area contributed by atoms with Gasteiger partial charge >= 0.3 is 0 Å². The Morgan fingerprint density at radius 1 is 0.893 bits per heavy atom. The van der Waals surface area contributed by atoms with Gasteiger partial charge in [0.25, 0.3) is 0 Å². The molecule has 3 aromatic rings. The van der Waals surface area contributed by atoms with E-state index in [0.29, 0.717) is 6.61 Å². The highest BCUT2D eigenvalue weighted by Gasteiger charge is 2.49. The van der Waals surface area contributed by atoms with Gasteiger partial charge in [0.05, 0.1) is 18.6 Å². The van der Waals surface area contributed by atoms with E-state index in [4.69, 9.17) is 4.74 Å². The molecule has 142 valence electrons. The Morgan fingerprint density at radius 3 is 2.21 bits per heavy atom. The summed E-state index contributed by atoms with van der Waals surface area (Å²) in [5, 5.41) is 0. The van der Waals surface area contributed by atoms with E-state index in [9.17, 15) is 4.79 Å². The molecule has 1 aliphatic rings. The lowest BCUT2D eigenvalue weighted by Crippen LogP contribution is -2.53. The van der Waals surface area contributed by atoms with Gasteiger partial charge in [-0.1, -0.05) is 65.3 Å². The molecule has 1 saturated heterocycles. The molecule has 1 aliphatic heterocycles. The molecule has 2 unspecified atom stereocenters. The maximum Gasteiger partial charge on any atom is 0.237 e. The zero-order chi connectivity index (χ0) is 19.5. The monoisotopic (exact) mass is 435 g/mol. The van der Waals surface area contributed by atoms with E-state index in [-0.39, 0.29) is 17.9 Å². The molecule has 0 spiro atoms. The number of nitrogens with zero attached hydrogens (tertiary/aromatic N) is 1. The predicted octanol–water partition coefficient (Wildman–Crippen LogP) is 6.11. The molecule has 1 amide bonds. The third-order valence-electron chi connectivity index (χ3n) is 5.06. The van der Waals surface area contributed by atoms with E-state index < -0.39 is 0 Å². The molecule has 0 N–H and O–H groups in total. The fourth-order valence-electron chi connectivity index (χ4n) is 3.69. The molecular weight excluding hydrogens is 414 g/mol. The average Bonchev–Trinajstić information content (AvgIpc) is 2.73. The average molecular weight is 436 g/mol. The highest BCUT2D eigenvalue weighted by molar-refractivity contribution is 9.10. The number of hydrogen-bond acceptors (Lipinski definition) is 2. The van der Waals surface area contributed by atoms with Crippen molar-refractivity contribution >= 4 is 27.5 Å². The summed E-state index contributed by atoms with van der Waals surface area (Å²) < 4.78 is 6.71. The maximum absolute atomic E-state index is 13.1. The summed E-state index contributed by atoms with van der Waals surface area (Å²) in [7, 11) is 0. The standard InChI is InChI=1S/C24H22BrNO2/c1-2-16-28-21-14-8-18(9-15-21)23-22(17-6-4-3-5-7-17)24(27)26(23)20-12-10-19(25)11-13-20/h3-15,22-23H,2,16H2,1H3. The van der Waals surface area contributed by atoms with Crippen LogP contribution in [0, 0.1) is 0 Å². The Bertz CT molecular complexity index is 939. The highest BCUT2D eigenvalue weighted by atomic mass is 79.9. The number of hydrogen-bond donors (Lipinski definition) is 0. The Labute approximate surface area is 174 Å². The van der Waals surface area contributed by atoms with Crippen LogP contribution in [-0.2, 0) is 4.79 Å². The van der Waals surface area contributed by atoms with Crippen molar-refractivity contribution in [1.29, 1.82) is 0 Å². The lowest BCUT2D eigenvalue weighted by atomic mass is 9.77. The second-order valence-corrected chi connectivity index (χ2v) is 7.85. The van der Waals surface area contributed by atoms with Gasteiger partial charge in [-0.25, -0.2) is 0 Å². The Balaban J connectivity index is 1.69. The minimum Gasteiger partial charge on any atom is -0.494 e. The van der Waals surface area contributed by atoms with E-state index in [2.05, 4.69) is 35.0 Å². The summed E-state index contributed by atoms with van der Waals surface area (Å²) in [6, 6.07) is 26.0. The van der Waals surface area contributed by atoms with Gasteiger partial charge in [-0.05, 0) is 53.9 Å². The third-order valence-corrected chi connectivity index (χ3v) is 5.58. The van der Waals surface area contributed by atoms with Crippen molar-refractivity contribution in [3.63, 3.8) is 0 Å². The molecular formula is C24H22BrNO2. The van der Waals surface area contributed by atoms with E-state index in [1.807, 2.05) is 71.6 Å². The number of halogens is 1. The fourth-order valence-corrected chi connectivity index (χ4v) is 3.95. The van der Waals surface area contributed by atoms with Crippen molar-refractivity contribution in [2.24, 2.45) is 0 Å². The topological polar surface area (TPSA) is 29.5 Å². The largest absolute Gasteiger partial charge is 0.494 e. The first kappa shape index (κ1) is 18.8. The van der Waals surface area contributed by atoms with Gasteiger partial charge in [0.1, 0.15) is 5.75 Å². The number of ether oxygens (including phenoxy) is 1. The Hall–Kier alpha value is -2.59. The number of carbonyl (C=O) groups excluding carboxylic acids is 1. The lowest BCUT2D eigenvalue weighted by Gasteiger charge is -2.47. The van der Waals surface area contributed by atoms with Crippen molar-refractivity contribution in [2.75, 3.05) is 11.5 Å². The molecule has 2 atom stereocenters. The quantitative estimate of drug-likeness (QED) is 0.437. The van der Waals surface area contributed by atoms with Crippen LogP contribution in [0.5, 0.6) is 5.75 Å². The molecule has 1 fully saturated rings. The van der Waals surface area contributed by atoms with Gasteiger partial charge in [0.2, 0.25) is 5.91 Å². The van der Waals surface area contributed by atoms with Gasteiger partial charge < -0.3 is 9.64 Å². The Kier molecular flexibility index (Phi) is 5.49.